The fourth-order valence-corrected chi connectivity index (χ4v) is 8.34. The van der Waals surface area contributed by atoms with Gasteiger partial charge in [0.15, 0.2) is 0 Å². The Labute approximate surface area is 335 Å². The smallest absolute Gasteiger partial charge is 0.246 e. The van der Waals surface area contributed by atoms with Gasteiger partial charge in [0.25, 0.3) is 0 Å². The average molecular weight is 789 g/mol. The van der Waals surface area contributed by atoms with E-state index in [1.54, 1.807) is 11.3 Å². The van der Waals surface area contributed by atoms with Crippen LogP contribution in [0.3, 0.4) is 0 Å². The van der Waals surface area contributed by atoms with Crippen molar-refractivity contribution in [1.29, 1.82) is 0 Å². The minimum atomic E-state index is -0.866. The van der Waals surface area contributed by atoms with Crippen LogP contribution in [0.5, 0.6) is 0 Å². The second kappa shape index (κ2) is 19.8. The summed E-state index contributed by atoms with van der Waals surface area (Å²) in [5.41, 5.74) is 11.8. The number of thiazole rings is 1. The summed E-state index contributed by atoms with van der Waals surface area (Å²) in [5, 5.41) is 16.6. The molecule has 1 aromatic heterocycles. The second-order valence-corrected chi connectivity index (χ2v) is 17.5. The maximum absolute atomic E-state index is 14.1. The molecule has 3 heterocycles. The van der Waals surface area contributed by atoms with Gasteiger partial charge in [-0.2, -0.15) is 0 Å². The third kappa shape index (κ3) is 12.4. The van der Waals surface area contributed by atoms with Crippen molar-refractivity contribution >= 4 is 35.0 Å². The van der Waals surface area contributed by atoms with E-state index >= 15 is 0 Å². The number of nitrogens with one attached hydrogen (secondary N) is 2. The number of amides is 4. The van der Waals surface area contributed by atoms with Gasteiger partial charge < -0.3 is 31.1 Å². The highest BCUT2D eigenvalue weighted by Crippen LogP contribution is 2.29. The van der Waals surface area contributed by atoms with E-state index < -0.39 is 23.6 Å². The van der Waals surface area contributed by atoms with Crippen LogP contribution in [0.4, 0.5) is 0 Å². The highest BCUT2D eigenvalue weighted by molar-refractivity contribution is 7.13. The van der Waals surface area contributed by atoms with Crippen molar-refractivity contribution in [3.05, 3.63) is 76.4 Å². The summed E-state index contributed by atoms with van der Waals surface area (Å²) in [4.78, 5) is 60.9. The number of carbonyl (C=O) groups is 4. The first-order chi connectivity index (χ1) is 26.7. The summed E-state index contributed by atoms with van der Waals surface area (Å²) >= 11 is 1.59. The molecule has 0 saturated carbocycles. The molecule has 4 atom stereocenters. The van der Waals surface area contributed by atoms with Gasteiger partial charge in [0, 0.05) is 25.9 Å². The lowest BCUT2D eigenvalue weighted by Gasteiger charge is -2.36. The zero-order valence-electron chi connectivity index (χ0n) is 33.6. The zero-order chi connectivity index (χ0) is 40.4. The van der Waals surface area contributed by atoms with Crippen LogP contribution in [0.25, 0.3) is 10.4 Å². The summed E-state index contributed by atoms with van der Waals surface area (Å²) in [6.45, 7) is 12.3. The van der Waals surface area contributed by atoms with Crippen molar-refractivity contribution in [1.82, 2.24) is 25.4 Å². The van der Waals surface area contributed by atoms with Gasteiger partial charge >= 0.3 is 0 Å². The Morgan fingerprint density at radius 3 is 2.30 bits per heavy atom. The lowest BCUT2D eigenvalue weighted by Crippen LogP contribution is -2.58. The first-order valence-electron chi connectivity index (χ1n) is 19.9. The average Bonchev–Trinajstić information content (AvgIpc) is 3.78. The fraction of sp³-hybridized carbons (Fsp3) is 0.558. The summed E-state index contributed by atoms with van der Waals surface area (Å²) in [6.07, 6.45) is 4.20. The van der Waals surface area contributed by atoms with Gasteiger partial charge in [-0.05, 0) is 92.6 Å². The molecule has 3 aromatic rings. The molecule has 2 fully saturated rings. The van der Waals surface area contributed by atoms with Crippen LogP contribution >= 0.6 is 11.3 Å². The number of aromatic nitrogens is 1. The first kappa shape index (κ1) is 43.0. The normalized spacial score (nSPS) is 19.1. The Kier molecular flexibility index (Phi) is 15.2. The molecule has 4 amide bonds. The monoisotopic (exact) mass is 788 g/mol. The molecule has 5 rings (SSSR count). The van der Waals surface area contributed by atoms with E-state index in [2.05, 4.69) is 44.8 Å². The maximum atomic E-state index is 14.1. The number of hydrogen-bond donors (Lipinski definition) is 4. The van der Waals surface area contributed by atoms with Gasteiger partial charge in [-0.15, -0.1) is 11.3 Å². The lowest BCUT2D eigenvalue weighted by atomic mass is 9.85. The molecule has 0 unspecified atom stereocenters. The molecule has 5 N–H and O–H groups in total. The SMILES string of the molecule is Cc1ncsc1-c1ccc(CNC(=O)[C@@H]2C[C@@H](O)CN2C(=O)[C@@H](NC(=O)CN2CCC(Cc3ccc(CO[C@H](C)CCCC(N)=O)cc3)CC2)C(C)(C)C)cc1. The van der Waals surface area contributed by atoms with Crippen molar-refractivity contribution in [2.45, 2.75) is 117 Å². The number of carbonyl (C=O) groups excluding carboxylic acids is 4. The number of benzene rings is 2. The summed E-state index contributed by atoms with van der Waals surface area (Å²) in [6, 6.07) is 14.8. The largest absolute Gasteiger partial charge is 0.391 e. The number of hydrogen-bond acceptors (Lipinski definition) is 9. The van der Waals surface area contributed by atoms with Crippen LogP contribution in [0.15, 0.2) is 54.0 Å². The number of β-amino-alcohol motifs (C(OH)–C–C–N with tert-alkyl or cyclic N) is 1. The Hall–Kier alpha value is -4.17. The molecule has 2 saturated heterocycles. The topological polar surface area (TPSA) is 167 Å². The summed E-state index contributed by atoms with van der Waals surface area (Å²) in [7, 11) is 0. The van der Waals surface area contributed by atoms with Crippen molar-refractivity contribution < 1.29 is 29.0 Å². The van der Waals surface area contributed by atoms with Crippen LogP contribution in [0, 0.1) is 18.3 Å². The van der Waals surface area contributed by atoms with Gasteiger partial charge in [0.05, 0.1) is 41.4 Å². The molecule has 56 heavy (non-hydrogen) atoms. The van der Waals surface area contributed by atoms with Crippen LogP contribution in [-0.4, -0.2) is 94.0 Å². The molecule has 304 valence electrons. The predicted octanol–water partition coefficient (Wildman–Crippen LogP) is 4.74. The van der Waals surface area contributed by atoms with E-state index in [1.165, 1.54) is 10.5 Å². The number of rotatable bonds is 17. The van der Waals surface area contributed by atoms with Crippen molar-refractivity contribution in [2.24, 2.45) is 17.1 Å². The number of likely N-dealkylation sites (tertiary alicyclic amines) is 2. The van der Waals surface area contributed by atoms with E-state index in [1.807, 2.05) is 64.4 Å². The fourth-order valence-electron chi connectivity index (χ4n) is 7.53. The Balaban J connectivity index is 1.07. The van der Waals surface area contributed by atoms with Crippen LogP contribution in [0.1, 0.15) is 88.6 Å². The highest BCUT2D eigenvalue weighted by Gasteiger charge is 2.44. The highest BCUT2D eigenvalue weighted by atomic mass is 32.1. The van der Waals surface area contributed by atoms with E-state index in [-0.39, 0.29) is 55.8 Å². The molecule has 0 spiro atoms. The van der Waals surface area contributed by atoms with Gasteiger partial charge in [-0.25, -0.2) is 4.98 Å². The number of aliphatic hydroxyl groups is 1. The van der Waals surface area contributed by atoms with E-state index in [0.29, 0.717) is 18.9 Å². The second-order valence-electron chi connectivity index (χ2n) is 16.7. The number of aliphatic hydroxyl groups excluding tert-OH is 1. The third-order valence-corrected chi connectivity index (χ3v) is 11.9. The van der Waals surface area contributed by atoms with Crippen LogP contribution < -0.4 is 16.4 Å². The first-order valence-corrected chi connectivity index (χ1v) is 20.8. The van der Waals surface area contributed by atoms with Gasteiger partial charge in [-0.3, -0.25) is 24.1 Å². The van der Waals surface area contributed by atoms with Gasteiger partial charge in [-0.1, -0.05) is 69.3 Å². The van der Waals surface area contributed by atoms with Crippen LogP contribution in [0.2, 0.25) is 0 Å². The molecule has 0 aliphatic carbocycles. The van der Waals surface area contributed by atoms with Crippen LogP contribution in [-0.2, 0) is 43.5 Å². The molecule has 0 bridgehead atoms. The van der Waals surface area contributed by atoms with Crippen molar-refractivity contribution in [2.75, 3.05) is 26.2 Å². The predicted molar refractivity (Wildman–Crippen MR) is 218 cm³/mol. The standard InChI is InChI=1S/C43H60N6O6S/c1-28(7-6-8-37(44)51)55-26-33-11-9-30(10-12-33)21-31-17-19-48(20-18-31)25-38(52)47-40(43(3,4)5)42(54)49-24-35(50)22-36(49)41(53)45-23-32-13-15-34(16-14-32)39-29(2)46-27-56-39/h9-16,27-28,31,35-36,40,50H,6-8,17-26H2,1-5H3,(H2,44,51)(H,45,53)(H,47,52)/t28-,35-,36+,40-/m1/s1. The van der Waals surface area contributed by atoms with Crippen molar-refractivity contribution in [3.63, 3.8) is 0 Å². The molecule has 2 aliphatic heterocycles. The van der Waals surface area contributed by atoms with E-state index in [9.17, 15) is 24.3 Å². The zero-order valence-corrected chi connectivity index (χ0v) is 34.4. The number of piperidine rings is 1. The van der Waals surface area contributed by atoms with E-state index in [4.69, 9.17) is 10.5 Å². The van der Waals surface area contributed by atoms with Gasteiger partial charge in [0.1, 0.15) is 12.1 Å². The maximum Gasteiger partial charge on any atom is 0.246 e. The minimum Gasteiger partial charge on any atom is -0.391 e. The third-order valence-electron chi connectivity index (χ3n) is 10.9. The molecule has 0 radical (unpaired) electrons. The minimum absolute atomic E-state index is 0.0329. The number of nitrogens with two attached hydrogens (primary N) is 1. The van der Waals surface area contributed by atoms with E-state index in [0.717, 1.165) is 72.5 Å². The molecular weight excluding hydrogens is 729 g/mol. The molecule has 2 aliphatic rings. The summed E-state index contributed by atoms with van der Waals surface area (Å²) in [5.74, 6) is -0.683. The molecule has 12 nitrogen and oxygen atoms in total. The Morgan fingerprint density at radius 2 is 1.68 bits per heavy atom. The number of aryl methyl sites for hydroxylation is 1. The number of primary amides is 1. The quantitative estimate of drug-likeness (QED) is 0.152. The summed E-state index contributed by atoms with van der Waals surface area (Å²) < 4.78 is 5.94. The lowest BCUT2D eigenvalue weighted by molar-refractivity contribution is -0.144. The molecule has 2 aromatic carbocycles. The molecular formula is C43H60N6O6S. The molecule has 13 heteroatoms. The Morgan fingerprint density at radius 1 is 1.02 bits per heavy atom. The number of nitrogens with zero attached hydrogens (tertiary/aromatic N) is 3. The van der Waals surface area contributed by atoms with Gasteiger partial charge in [0.2, 0.25) is 23.6 Å². The number of ether oxygens (including phenoxy) is 1. The Bertz CT molecular complexity index is 1770. The van der Waals surface area contributed by atoms with Crippen molar-refractivity contribution in [3.8, 4) is 10.4 Å².